The summed E-state index contributed by atoms with van der Waals surface area (Å²) < 4.78 is 20.4. The molecule has 3 aromatic rings. The van der Waals surface area contributed by atoms with Crippen LogP contribution in [0.4, 0.5) is 9.18 Å². The van der Waals surface area contributed by atoms with E-state index in [1.807, 2.05) is 34.1 Å². The predicted molar refractivity (Wildman–Crippen MR) is 129 cm³/mol. The first kappa shape index (κ1) is 22.9. The van der Waals surface area contributed by atoms with Crippen molar-refractivity contribution in [2.24, 2.45) is 0 Å². The van der Waals surface area contributed by atoms with Crippen molar-refractivity contribution in [1.29, 1.82) is 0 Å². The number of aromatic nitrogens is 2. The second-order valence-electron chi connectivity index (χ2n) is 8.80. The lowest BCUT2D eigenvalue weighted by Crippen LogP contribution is -2.53. The Hall–Kier alpha value is -3.88. The van der Waals surface area contributed by atoms with E-state index in [9.17, 15) is 14.0 Å². The number of piperazine rings is 1. The van der Waals surface area contributed by atoms with Crippen LogP contribution in [0.3, 0.4) is 0 Å². The zero-order valence-electron chi connectivity index (χ0n) is 19.7. The highest BCUT2D eigenvalue weighted by molar-refractivity contribution is 6.00. The third kappa shape index (κ3) is 4.71. The topological polar surface area (TPSA) is 70.9 Å². The number of hydrogen-bond donors (Lipinski definition) is 0. The van der Waals surface area contributed by atoms with Gasteiger partial charge < -0.3 is 19.4 Å². The van der Waals surface area contributed by atoms with Crippen molar-refractivity contribution in [3.63, 3.8) is 0 Å². The van der Waals surface area contributed by atoms with Crippen molar-refractivity contribution in [1.82, 2.24) is 24.5 Å². The Balaban J connectivity index is 1.41. The normalized spacial score (nSPS) is 16.0. The molecule has 0 atom stereocenters. The number of carbonyl (C=O) groups is 2. The minimum Gasteiger partial charge on any atom is -0.497 e. The zero-order valence-corrected chi connectivity index (χ0v) is 19.7. The van der Waals surface area contributed by atoms with Gasteiger partial charge in [0.25, 0.3) is 5.91 Å². The van der Waals surface area contributed by atoms with Crippen LogP contribution in [-0.4, -0.2) is 82.8 Å². The molecule has 0 aliphatic carbocycles. The molecule has 5 rings (SSSR count). The van der Waals surface area contributed by atoms with Crippen LogP contribution >= 0.6 is 0 Å². The van der Waals surface area contributed by atoms with E-state index < -0.39 is 0 Å². The lowest BCUT2D eigenvalue weighted by atomic mass is 10.1. The average molecular weight is 478 g/mol. The van der Waals surface area contributed by atoms with Gasteiger partial charge in [0.1, 0.15) is 17.3 Å². The molecule has 0 spiro atoms. The fraction of sp³-hybridized carbons (Fsp3) is 0.346. The maximum absolute atomic E-state index is 13.6. The quantitative estimate of drug-likeness (QED) is 0.575. The molecule has 2 fully saturated rings. The van der Waals surface area contributed by atoms with Crippen LogP contribution in [0.5, 0.6) is 5.75 Å². The van der Waals surface area contributed by atoms with Crippen molar-refractivity contribution in [2.45, 2.75) is 12.8 Å². The van der Waals surface area contributed by atoms with Gasteiger partial charge in [0.2, 0.25) is 0 Å². The van der Waals surface area contributed by atoms with E-state index in [1.165, 1.54) is 12.1 Å². The maximum Gasteiger partial charge on any atom is 0.320 e. The third-order valence-corrected chi connectivity index (χ3v) is 6.59. The van der Waals surface area contributed by atoms with Gasteiger partial charge in [0.05, 0.1) is 18.4 Å². The van der Waals surface area contributed by atoms with E-state index in [2.05, 4.69) is 5.10 Å². The van der Waals surface area contributed by atoms with Gasteiger partial charge in [-0.25, -0.2) is 13.9 Å². The van der Waals surface area contributed by atoms with E-state index in [0.717, 1.165) is 31.5 Å². The van der Waals surface area contributed by atoms with Crippen LogP contribution in [0.2, 0.25) is 0 Å². The summed E-state index contributed by atoms with van der Waals surface area (Å²) in [5.41, 5.74) is 2.36. The number of likely N-dealkylation sites (tertiary alicyclic amines) is 1. The minimum atomic E-state index is -0.341. The van der Waals surface area contributed by atoms with Gasteiger partial charge in [-0.05, 0) is 49.2 Å². The molecule has 8 nitrogen and oxygen atoms in total. The fourth-order valence-electron chi connectivity index (χ4n) is 4.62. The third-order valence-electron chi connectivity index (χ3n) is 6.59. The fourth-order valence-corrected chi connectivity index (χ4v) is 4.62. The largest absolute Gasteiger partial charge is 0.497 e. The molecule has 0 radical (unpaired) electrons. The maximum atomic E-state index is 13.6. The molecule has 1 aromatic heterocycles. The molecule has 2 aliphatic rings. The molecule has 2 aliphatic heterocycles. The summed E-state index contributed by atoms with van der Waals surface area (Å²) in [6.07, 6.45) is 3.79. The van der Waals surface area contributed by atoms with Gasteiger partial charge in [-0.2, -0.15) is 5.10 Å². The Morgan fingerprint density at radius 1 is 0.886 bits per heavy atom. The molecule has 0 bridgehead atoms. The van der Waals surface area contributed by atoms with Crippen molar-refractivity contribution in [2.75, 3.05) is 46.4 Å². The number of benzene rings is 2. The molecular formula is C26H28FN5O3. The van der Waals surface area contributed by atoms with Gasteiger partial charge in [0.15, 0.2) is 0 Å². The molecule has 9 heteroatoms. The Bertz CT molecular complexity index is 1210. The molecule has 2 aromatic carbocycles. The first-order valence-corrected chi connectivity index (χ1v) is 11.9. The number of rotatable bonds is 4. The molecule has 35 heavy (non-hydrogen) atoms. The van der Waals surface area contributed by atoms with E-state index in [4.69, 9.17) is 4.74 Å². The van der Waals surface area contributed by atoms with Crippen LogP contribution < -0.4 is 4.74 Å². The minimum absolute atomic E-state index is 0.0656. The molecule has 0 unspecified atom stereocenters. The highest BCUT2D eigenvalue weighted by Gasteiger charge is 2.30. The molecule has 3 amide bonds. The molecular weight excluding hydrogens is 449 g/mol. The van der Waals surface area contributed by atoms with Gasteiger partial charge >= 0.3 is 6.03 Å². The number of urea groups is 1. The summed E-state index contributed by atoms with van der Waals surface area (Å²) in [6.45, 7) is 3.54. The van der Waals surface area contributed by atoms with Crippen LogP contribution in [0.25, 0.3) is 16.9 Å². The summed E-state index contributed by atoms with van der Waals surface area (Å²) in [5.74, 6) is 0.169. The van der Waals surface area contributed by atoms with Crippen LogP contribution in [-0.2, 0) is 0 Å². The lowest BCUT2D eigenvalue weighted by Gasteiger charge is -2.36. The predicted octanol–water partition coefficient (Wildman–Crippen LogP) is 3.66. The Morgan fingerprint density at radius 2 is 1.54 bits per heavy atom. The summed E-state index contributed by atoms with van der Waals surface area (Å²) in [6, 6.07) is 13.4. The Morgan fingerprint density at radius 3 is 2.23 bits per heavy atom. The number of methoxy groups -OCH3 is 1. The lowest BCUT2D eigenvalue weighted by molar-refractivity contribution is 0.0645. The van der Waals surface area contributed by atoms with Gasteiger partial charge in [-0.15, -0.1) is 0 Å². The van der Waals surface area contributed by atoms with Crippen LogP contribution in [0.1, 0.15) is 23.2 Å². The van der Waals surface area contributed by atoms with Gasteiger partial charge in [-0.3, -0.25) is 4.79 Å². The van der Waals surface area contributed by atoms with Crippen molar-refractivity contribution >= 4 is 11.9 Å². The average Bonchev–Trinajstić information content (AvgIpc) is 3.59. The summed E-state index contributed by atoms with van der Waals surface area (Å²) >= 11 is 0. The number of ether oxygens (including phenoxy) is 1. The van der Waals surface area contributed by atoms with Crippen molar-refractivity contribution in [3.8, 4) is 22.7 Å². The van der Waals surface area contributed by atoms with Crippen LogP contribution in [0, 0.1) is 5.82 Å². The first-order valence-electron chi connectivity index (χ1n) is 11.9. The summed E-state index contributed by atoms with van der Waals surface area (Å²) in [7, 11) is 1.59. The number of carbonyl (C=O) groups excluding carboxylic acids is 2. The highest BCUT2D eigenvalue weighted by Crippen LogP contribution is 2.28. The van der Waals surface area contributed by atoms with Gasteiger partial charge in [0, 0.05) is 51.0 Å². The number of amides is 3. The Labute approximate surface area is 203 Å². The molecule has 182 valence electrons. The molecule has 2 saturated heterocycles. The van der Waals surface area contributed by atoms with E-state index in [1.54, 1.807) is 35.0 Å². The second kappa shape index (κ2) is 9.77. The smallest absolute Gasteiger partial charge is 0.320 e. The number of nitrogens with zero attached hydrogens (tertiary/aromatic N) is 5. The number of hydrogen-bond acceptors (Lipinski definition) is 4. The van der Waals surface area contributed by atoms with E-state index >= 15 is 0 Å². The number of halogens is 1. The van der Waals surface area contributed by atoms with Crippen molar-refractivity contribution < 1.29 is 18.7 Å². The molecule has 0 N–H and O–H groups in total. The van der Waals surface area contributed by atoms with Crippen molar-refractivity contribution in [3.05, 3.63) is 66.1 Å². The summed E-state index contributed by atoms with van der Waals surface area (Å²) in [5, 5.41) is 4.69. The van der Waals surface area contributed by atoms with Crippen LogP contribution in [0.15, 0.2) is 54.7 Å². The first-order chi connectivity index (χ1) is 17.0. The van der Waals surface area contributed by atoms with E-state index in [0.29, 0.717) is 48.9 Å². The standard InChI is InChI=1S/C26H28FN5O3/c1-35-22-6-4-5-19(17-22)24-23(18-32(28-24)21-9-7-20(27)8-10-21)25(33)29-13-15-31(16-14-29)26(34)30-11-2-3-12-30/h4-10,17-18H,2-3,11-16H2,1H3. The van der Waals surface area contributed by atoms with E-state index in [-0.39, 0.29) is 17.8 Å². The Kier molecular flexibility index (Phi) is 6.39. The van der Waals surface area contributed by atoms with Gasteiger partial charge in [-0.1, -0.05) is 12.1 Å². The SMILES string of the molecule is COc1cccc(-c2nn(-c3ccc(F)cc3)cc2C(=O)N2CCN(C(=O)N3CCCC3)CC2)c1. The highest BCUT2D eigenvalue weighted by atomic mass is 19.1. The second-order valence-corrected chi connectivity index (χ2v) is 8.80. The zero-order chi connectivity index (χ0) is 24.4. The molecule has 3 heterocycles. The molecule has 0 saturated carbocycles. The monoisotopic (exact) mass is 477 g/mol. The summed E-state index contributed by atoms with van der Waals surface area (Å²) in [4.78, 5) is 31.9.